The van der Waals surface area contributed by atoms with Crippen molar-refractivity contribution in [1.29, 1.82) is 0 Å². The number of carbonyl (C=O) groups excluding carboxylic acids is 2. The van der Waals surface area contributed by atoms with E-state index in [1.165, 1.54) is 0 Å². The third-order valence-corrected chi connectivity index (χ3v) is 4.17. The van der Waals surface area contributed by atoms with Crippen molar-refractivity contribution in [3.8, 4) is 0 Å². The molecule has 1 amide bonds. The van der Waals surface area contributed by atoms with Crippen LogP contribution in [-0.2, 0) is 19.7 Å². The molecule has 4 nitrogen and oxygen atoms in total. The summed E-state index contributed by atoms with van der Waals surface area (Å²) in [7, 11) is 0. The normalized spacial score (nSPS) is 27.1. The molecule has 0 saturated heterocycles. The second-order valence-electron chi connectivity index (χ2n) is 5.08. The van der Waals surface area contributed by atoms with Crippen molar-refractivity contribution in [2.24, 2.45) is 5.92 Å². The second kappa shape index (κ2) is 3.97. The average molecular weight is 280 g/mol. The molecule has 0 bridgehead atoms. The van der Waals surface area contributed by atoms with Gasteiger partial charge in [-0.25, -0.2) is 0 Å². The molecule has 1 fully saturated rings. The minimum Gasteiger partial charge on any atom is -0.466 e. The van der Waals surface area contributed by atoms with Crippen molar-refractivity contribution in [3.05, 3.63) is 28.3 Å². The molecule has 1 aromatic carbocycles. The molecule has 3 rings (SSSR count). The summed E-state index contributed by atoms with van der Waals surface area (Å²) in [5, 5.41) is 3.45. The molecule has 2 aliphatic rings. The van der Waals surface area contributed by atoms with Crippen LogP contribution in [0.25, 0.3) is 0 Å². The lowest BCUT2D eigenvalue weighted by atomic mass is 9.93. The molecule has 5 heteroatoms. The zero-order valence-corrected chi connectivity index (χ0v) is 11.5. The number of amides is 1. The highest BCUT2D eigenvalue weighted by atomic mass is 35.5. The Kier molecular flexibility index (Phi) is 2.61. The monoisotopic (exact) mass is 279 g/mol. The van der Waals surface area contributed by atoms with Gasteiger partial charge in [0.05, 0.1) is 17.9 Å². The summed E-state index contributed by atoms with van der Waals surface area (Å²) in [6, 6.07) is 3.59. The van der Waals surface area contributed by atoms with Gasteiger partial charge in [0.15, 0.2) is 0 Å². The van der Waals surface area contributed by atoms with Crippen molar-refractivity contribution < 1.29 is 14.3 Å². The Morgan fingerprint density at radius 3 is 3.00 bits per heavy atom. The Labute approximate surface area is 116 Å². The first kappa shape index (κ1) is 12.5. The van der Waals surface area contributed by atoms with Crippen molar-refractivity contribution in [2.45, 2.75) is 25.7 Å². The number of fused-ring (bicyclic) bond motifs is 2. The lowest BCUT2D eigenvalue weighted by Gasteiger charge is -2.09. The fourth-order valence-electron chi connectivity index (χ4n) is 2.95. The summed E-state index contributed by atoms with van der Waals surface area (Å²) < 4.78 is 5.02. The number of nitrogens with one attached hydrogen (secondary N) is 1. The van der Waals surface area contributed by atoms with E-state index in [-0.39, 0.29) is 17.8 Å². The van der Waals surface area contributed by atoms with Gasteiger partial charge in [0.1, 0.15) is 0 Å². The van der Waals surface area contributed by atoms with Crippen LogP contribution in [0.1, 0.15) is 24.5 Å². The van der Waals surface area contributed by atoms with Crippen molar-refractivity contribution in [2.75, 3.05) is 11.9 Å². The number of ether oxygens (including phenoxy) is 1. The van der Waals surface area contributed by atoms with Crippen LogP contribution in [0, 0.1) is 12.8 Å². The van der Waals surface area contributed by atoms with Gasteiger partial charge in [0, 0.05) is 10.7 Å². The third kappa shape index (κ3) is 1.59. The Balaban J connectivity index is 2.03. The van der Waals surface area contributed by atoms with Crippen LogP contribution in [0.15, 0.2) is 12.1 Å². The number of rotatable bonds is 2. The molecule has 100 valence electrons. The highest BCUT2D eigenvalue weighted by Crippen LogP contribution is 2.61. The Bertz CT molecular complexity index is 599. The van der Waals surface area contributed by atoms with Crippen molar-refractivity contribution in [1.82, 2.24) is 0 Å². The SMILES string of the molecule is CCOC(=O)[C@H]1C[C@]12C(=O)Nc1c(C)cc(Cl)cc12. The van der Waals surface area contributed by atoms with E-state index in [0.29, 0.717) is 18.1 Å². The minimum absolute atomic E-state index is 0.120. The summed E-state index contributed by atoms with van der Waals surface area (Å²) in [4.78, 5) is 24.1. The molecule has 2 atom stereocenters. The predicted octanol–water partition coefficient (Wildman–Crippen LogP) is 2.42. The molecule has 1 aliphatic carbocycles. The topological polar surface area (TPSA) is 55.4 Å². The van der Waals surface area contributed by atoms with Crippen LogP contribution in [0.5, 0.6) is 0 Å². The molecule has 1 aliphatic heterocycles. The molecular weight excluding hydrogens is 266 g/mol. The molecule has 1 saturated carbocycles. The van der Waals surface area contributed by atoms with Gasteiger partial charge in [-0.15, -0.1) is 0 Å². The molecule has 0 unspecified atom stereocenters. The van der Waals surface area contributed by atoms with Gasteiger partial charge in [-0.3, -0.25) is 9.59 Å². The summed E-state index contributed by atoms with van der Waals surface area (Å²) in [6.45, 7) is 3.98. The first-order valence-corrected chi connectivity index (χ1v) is 6.67. The first-order chi connectivity index (χ1) is 9.00. The van der Waals surface area contributed by atoms with E-state index in [1.807, 2.05) is 6.92 Å². The van der Waals surface area contributed by atoms with E-state index in [2.05, 4.69) is 5.32 Å². The number of anilines is 1. The van der Waals surface area contributed by atoms with E-state index in [4.69, 9.17) is 16.3 Å². The van der Waals surface area contributed by atoms with Gasteiger partial charge in [-0.05, 0) is 43.5 Å². The number of esters is 1. The van der Waals surface area contributed by atoms with Gasteiger partial charge in [-0.1, -0.05) is 11.6 Å². The molecule has 0 radical (unpaired) electrons. The van der Waals surface area contributed by atoms with E-state index >= 15 is 0 Å². The number of aryl methyl sites for hydroxylation is 1. The minimum atomic E-state index is -0.753. The van der Waals surface area contributed by atoms with Gasteiger partial charge in [0.2, 0.25) is 5.91 Å². The Morgan fingerprint density at radius 1 is 1.58 bits per heavy atom. The van der Waals surface area contributed by atoms with Gasteiger partial charge < -0.3 is 10.1 Å². The maximum atomic E-state index is 12.2. The van der Waals surface area contributed by atoms with Crippen LogP contribution < -0.4 is 5.32 Å². The van der Waals surface area contributed by atoms with Crippen LogP contribution >= 0.6 is 11.6 Å². The average Bonchev–Trinajstić information content (AvgIpc) is 3.02. The van der Waals surface area contributed by atoms with E-state index < -0.39 is 5.41 Å². The molecule has 1 heterocycles. The molecule has 1 spiro atoms. The van der Waals surface area contributed by atoms with E-state index in [0.717, 1.165) is 16.8 Å². The maximum Gasteiger partial charge on any atom is 0.310 e. The Hall–Kier alpha value is -1.55. The quantitative estimate of drug-likeness (QED) is 0.846. The zero-order valence-electron chi connectivity index (χ0n) is 10.7. The fraction of sp³-hybridized carbons (Fsp3) is 0.429. The van der Waals surface area contributed by atoms with E-state index in [9.17, 15) is 9.59 Å². The standard InChI is InChI=1S/C14H14ClNO3/c1-3-19-12(17)10-6-14(10)9-5-8(15)4-7(2)11(9)16-13(14)18/h4-5,10H,3,6H2,1-2H3,(H,16,18)/t10-,14-/m1/s1. The molecule has 19 heavy (non-hydrogen) atoms. The fourth-order valence-corrected chi connectivity index (χ4v) is 3.22. The predicted molar refractivity (Wildman–Crippen MR) is 71.2 cm³/mol. The third-order valence-electron chi connectivity index (χ3n) is 3.96. The van der Waals surface area contributed by atoms with Crippen LogP contribution in [0.2, 0.25) is 5.02 Å². The number of halogens is 1. The second-order valence-corrected chi connectivity index (χ2v) is 5.52. The van der Waals surface area contributed by atoms with Crippen molar-refractivity contribution >= 4 is 29.2 Å². The van der Waals surface area contributed by atoms with Gasteiger partial charge >= 0.3 is 5.97 Å². The maximum absolute atomic E-state index is 12.2. The molecule has 1 N–H and O–H groups in total. The lowest BCUT2D eigenvalue weighted by Crippen LogP contribution is -2.25. The summed E-state index contributed by atoms with van der Waals surface area (Å²) >= 11 is 6.06. The Morgan fingerprint density at radius 2 is 2.32 bits per heavy atom. The smallest absolute Gasteiger partial charge is 0.310 e. The number of benzene rings is 1. The first-order valence-electron chi connectivity index (χ1n) is 6.29. The van der Waals surface area contributed by atoms with Gasteiger partial charge in [-0.2, -0.15) is 0 Å². The highest BCUT2D eigenvalue weighted by molar-refractivity contribution is 6.31. The molecule has 1 aromatic rings. The van der Waals surface area contributed by atoms with Crippen LogP contribution in [0.3, 0.4) is 0 Å². The lowest BCUT2D eigenvalue weighted by molar-refractivity contribution is -0.146. The van der Waals surface area contributed by atoms with Crippen molar-refractivity contribution in [3.63, 3.8) is 0 Å². The molecule has 0 aromatic heterocycles. The number of hydrogen-bond acceptors (Lipinski definition) is 3. The van der Waals surface area contributed by atoms with E-state index in [1.54, 1.807) is 19.1 Å². The van der Waals surface area contributed by atoms with Gasteiger partial charge in [0.25, 0.3) is 0 Å². The van der Waals surface area contributed by atoms with Crippen LogP contribution in [0.4, 0.5) is 5.69 Å². The zero-order chi connectivity index (χ0) is 13.8. The number of hydrogen-bond donors (Lipinski definition) is 1. The summed E-state index contributed by atoms with van der Waals surface area (Å²) in [6.07, 6.45) is 0.504. The number of carbonyl (C=O) groups is 2. The summed E-state index contributed by atoms with van der Waals surface area (Å²) in [5.74, 6) is -0.805. The van der Waals surface area contributed by atoms with Crippen LogP contribution in [-0.4, -0.2) is 18.5 Å². The largest absolute Gasteiger partial charge is 0.466 e. The summed E-state index contributed by atoms with van der Waals surface area (Å²) in [5.41, 5.74) is 1.79. The highest BCUT2D eigenvalue weighted by Gasteiger charge is 2.68. The molecular formula is C14H14ClNO3.